The molecule has 0 atom stereocenters. The summed E-state index contributed by atoms with van der Waals surface area (Å²) in [7, 11) is 1.74. The van der Waals surface area contributed by atoms with Crippen molar-refractivity contribution in [2.45, 2.75) is 26.9 Å². The van der Waals surface area contributed by atoms with E-state index >= 15 is 0 Å². The van der Waals surface area contributed by atoms with Gasteiger partial charge in [-0.05, 0) is 48.1 Å². The lowest BCUT2D eigenvalue weighted by atomic mass is 10.1. The Hall–Kier alpha value is -1.88. The Balaban J connectivity index is 1.88. The minimum absolute atomic E-state index is 0.172. The van der Waals surface area contributed by atoms with Crippen LogP contribution in [0.3, 0.4) is 0 Å². The monoisotopic (exact) mass is 305 g/mol. The van der Waals surface area contributed by atoms with Crippen LogP contribution in [0.2, 0.25) is 0 Å². The number of hydrogen-bond acceptors (Lipinski definition) is 2. The first-order valence-corrected chi connectivity index (χ1v) is 7.70. The topological polar surface area (TPSA) is 36.4 Å². The van der Waals surface area contributed by atoms with Crippen LogP contribution in [0.15, 0.2) is 34.6 Å². The lowest BCUT2D eigenvalue weighted by molar-refractivity contribution is 0.617. The van der Waals surface area contributed by atoms with Crippen molar-refractivity contribution in [2.24, 2.45) is 4.99 Å². The molecule has 0 fully saturated rings. The summed E-state index contributed by atoms with van der Waals surface area (Å²) >= 11 is 1.73. The minimum atomic E-state index is -0.172. The summed E-state index contributed by atoms with van der Waals surface area (Å²) < 4.78 is 13.2. The Morgan fingerprint density at radius 2 is 1.90 bits per heavy atom. The number of thiophene rings is 1. The van der Waals surface area contributed by atoms with E-state index in [1.54, 1.807) is 31.4 Å². The molecular formula is C16H20FN3S. The molecule has 2 aromatic rings. The van der Waals surface area contributed by atoms with Crippen molar-refractivity contribution in [3.63, 3.8) is 0 Å². The van der Waals surface area contributed by atoms with Gasteiger partial charge in [0.15, 0.2) is 5.96 Å². The Morgan fingerprint density at radius 1 is 1.14 bits per heavy atom. The van der Waals surface area contributed by atoms with E-state index in [0.717, 1.165) is 18.1 Å². The zero-order valence-corrected chi connectivity index (χ0v) is 13.4. The zero-order chi connectivity index (χ0) is 15.2. The van der Waals surface area contributed by atoms with Gasteiger partial charge >= 0.3 is 0 Å². The molecule has 0 unspecified atom stereocenters. The molecule has 0 aliphatic rings. The Bertz CT molecular complexity index is 634. The Kier molecular flexibility index (Phi) is 5.33. The molecule has 1 aromatic carbocycles. The van der Waals surface area contributed by atoms with Gasteiger partial charge in [-0.25, -0.2) is 4.39 Å². The third kappa shape index (κ3) is 4.29. The third-order valence-electron chi connectivity index (χ3n) is 3.29. The van der Waals surface area contributed by atoms with Crippen molar-refractivity contribution in [2.75, 3.05) is 7.05 Å². The highest BCUT2D eigenvalue weighted by Gasteiger charge is 2.03. The Morgan fingerprint density at radius 3 is 2.52 bits per heavy atom. The van der Waals surface area contributed by atoms with E-state index in [9.17, 15) is 4.39 Å². The maximum Gasteiger partial charge on any atom is 0.191 e. The molecule has 21 heavy (non-hydrogen) atoms. The molecule has 0 aliphatic heterocycles. The van der Waals surface area contributed by atoms with Crippen LogP contribution in [0.25, 0.3) is 0 Å². The molecule has 0 bridgehead atoms. The number of nitrogens with zero attached hydrogens (tertiary/aromatic N) is 1. The van der Waals surface area contributed by atoms with Crippen LogP contribution in [-0.4, -0.2) is 13.0 Å². The largest absolute Gasteiger partial charge is 0.352 e. The van der Waals surface area contributed by atoms with Gasteiger partial charge in [-0.3, -0.25) is 4.99 Å². The van der Waals surface area contributed by atoms with Gasteiger partial charge in [0.25, 0.3) is 0 Å². The van der Waals surface area contributed by atoms with Gasteiger partial charge in [-0.1, -0.05) is 12.1 Å². The van der Waals surface area contributed by atoms with Gasteiger partial charge in [0.05, 0.1) is 6.54 Å². The lowest BCUT2D eigenvalue weighted by Crippen LogP contribution is -2.36. The average Bonchev–Trinajstić information content (AvgIpc) is 2.88. The quantitative estimate of drug-likeness (QED) is 0.671. The van der Waals surface area contributed by atoms with Crippen molar-refractivity contribution >= 4 is 17.3 Å². The number of aliphatic imine (C=N–C) groups is 1. The molecule has 0 saturated heterocycles. The maximum atomic E-state index is 13.2. The summed E-state index contributed by atoms with van der Waals surface area (Å²) in [6.45, 7) is 5.24. The van der Waals surface area contributed by atoms with Crippen LogP contribution >= 0.6 is 11.3 Å². The number of hydrogen-bond donors (Lipinski definition) is 2. The number of halogens is 1. The number of aryl methyl sites for hydroxylation is 2. The number of benzene rings is 1. The van der Waals surface area contributed by atoms with Crippen LogP contribution in [-0.2, 0) is 13.1 Å². The number of rotatable bonds is 4. The van der Waals surface area contributed by atoms with Crippen LogP contribution in [0.4, 0.5) is 4.39 Å². The van der Waals surface area contributed by atoms with Gasteiger partial charge in [0.2, 0.25) is 0 Å². The predicted octanol–water partition coefficient (Wildman–Crippen LogP) is 3.37. The highest BCUT2D eigenvalue weighted by Crippen LogP contribution is 2.14. The van der Waals surface area contributed by atoms with Gasteiger partial charge < -0.3 is 10.6 Å². The van der Waals surface area contributed by atoms with Crippen LogP contribution in [0.1, 0.15) is 21.6 Å². The summed E-state index contributed by atoms with van der Waals surface area (Å²) in [5.41, 5.74) is 2.98. The van der Waals surface area contributed by atoms with E-state index in [1.807, 2.05) is 6.07 Å². The molecule has 0 radical (unpaired) electrons. The van der Waals surface area contributed by atoms with Gasteiger partial charge in [-0.2, -0.15) is 0 Å². The molecule has 2 rings (SSSR count). The van der Waals surface area contributed by atoms with Crippen molar-refractivity contribution in [1.29, 1.82) is 0 Å². The maximum absolute atomic E-state index is 13.2. The molecular weight excluding hydrogens is 285 g/mol. The smallest absolute Gasteiger partial charge is 0.191 e. The van der Waals surface area contributed by atoms with E-state index in [0.29, 0.717) is 12.1 Å². The molecule has 0 aliphatic carbocycles. The second-order valence-electron chi connectivity index (χ2n) is 4.89. The average molecular weight is 305 g/mol. The van der Waals surface area contributed by atoms with E-state index < -0.39 is 0 Å². The fourth-order valence-corrected chi connectivity index (χ4v) is 2.82. The molecule has 1 heterocycles. The van der Waals surface area contributed by atoms with Crippen LogP contribution in [0, 0.1) is 19.7 Å². The third-order valence-corrected chi connectivity index (χ3v) is 4.31. The normalized spacial score (nSPS) is 11.5. The first-order valence-electron chi connectivity index (χ1n) is 6.82. The zero-order valence-electron chi connectivity index (χ0n) is 12.5. The van der Waals surface area contributed by atoms with Crippen molar-refractivity contribution in [1.82, 2.24) is 10.6 Å². The second-order valence-corrected chi connectivity index (χ2v) is 5.89. The predicted molar refractivity (Wildman–Crippen MR) is 87.2 cm³/mol. The fraction of sp³-hybridized carbons (Fsp3) is 0.312. The molecule has 2 N–H and O–H groups in total. The fourth-order valence-electron chi connectivity index (χ4n) is 1.97. The Labute approximate surface area is 128 Å². The van der Waals surface area contributed by atoms with E-state index in [4.69, 9.17) is 0 Å². The SMILES string of the molecule is CN=C(NCc1ccc(F)c(C)c1)NCc1sccc1C. The number of nitrogens with one attached hydrogen (secondary N) is 2. The summed E-state index contributed by atoms with van der Waals surface area (Å²) in [6.07, 6.45) is 0. The van der Waals surface area contributed by atoms with E-state index in [2.05, 4.69) is 34.0 Å². The molecule has 0 amide bonds. The minimum Gasteiger partial charge on any atom is -0.352 e. The van der Waals surface area contributed by atoms with Gasteiger partial charge in [0.1, 0.15) is 5.82 Å². The lowest BCUT2D eigenvalue weighted by Gasteiger charge is -2.12. The van der Waals surface area contributed by atoms with E-state index in [1.165, 1.54) is 16.5 Å². The molecule has 0 spiro atoms. The van der Waals surface area contributed by atoms with Crippen molar-refractivity contribution in [3.05, 3.63) is 57.0 Å². The van der Waals surface area contributed by atoms with Crippen molar-refractivity contribution in [3.8, 4) is 0 Å². The number of guanidine groups is 1. The summed E-state index contributed by atoms with van der Waals surface area (Å²) in [4.78, 5) is 5.50. The highest BCUT2D eigenvalue weighted by atomic mass is 32.1. The summed E-state index contributed by atoms with van der Waals surface area (Å²) in [5.74, 6) is 0.569. The van der Waals surface area contributed by atoms with Gasteiger partial charge in [-0.15, -0.1) is 11.3 Å². The highest BCUT2D eigenvalue weighted by molar-refractivity contribution is 7.10. The second kappa shape index (κ2) is 7.22. The first kappa shape index (κ1) is 15.5. The molecule has 0 saturated carbocycles. The summed E-state index contributed by atoms with van der Waals surface area (Å²) in [6, 6.07) is 7.24. The molecule has 1 aromatic heterocycles. The van der Waals surface area contributed by atoms with E-state index in [-0.39, 0.29) is 5.82 Å². The van der Waals surface area contributed by atoms with Crippen LogP contribution < -0.4 is 10.6 Å². The van der Waals surface area contributed by atoms with Crippen molar-refractivity contribution < 1.29 is 4.39 Å². The summed E-state index contributed by atoms with van der Waals surface area (Å²) in [5, 5.41) is 8.61. The van der Waals surface area contributed by atoms with Gasteiger partial charge in [0, 0.05) is 18.5 Å². The molecule has 112 valence electrons. The first-order chi connectivity index (χ1) is 10.1. The molecule has 3 nitrogen and oxygen atoms in total. The standard InChI is InChI=1S/C16H20FN3S/c1-11-6-7-21-15(11)10-20-16(18-3)19-9-13-4-5-14(17)12(2)8-13/h4-8H,9-10H2,1-3H3,(H2,18,19,20). The molecule has 5 heteroatoms. The van der Waals surface area contributed by atoms with Crippen LogP contribution in [0.5, 0.6) is 0 Å².